The summed E-state index contributed by atoms with van der Waals surface area (Å²) in [5, 5.41) is 6.21. The number of ketones is 1. The first-order valence-corrected chi connectivity index (χ1v) is 8.22. The molecule has 0 atom stereocenters. The number of rotatable bonds is 6. The van der Waals surface area contributed by atoms with Crippen LogP contribution in [0.2, 0.25) is 0 Å². The highest BCUT2D eigenvalue weighted by atomic mass is 19.1. The van der Waals surface area contributed by atoms with Gasteiger partial charge in [0, 0.05) is 35.1 Å². The average Bonchev–Trinajstić information content (AvgIpc) is 2.61. The molecule has 6 heteroatoms. The maximum atomic E-state index is 13.7. The molecule has 0 bridgehead atoms. The van der Waals surface area contributed by atoms with Crippen LogP contribution in [-0.2, 0) is 6.54 Å². The van der Waals surface area contributed by atoms with E-state index in [1.807, 2.05) is 13.0 Å². The smallest absolute Gasteiger partial charge is 0.229 e. The summed E-state index contributed by atoms with van der Waals surface area (Å²) >= 11 is 0. The highest BCUT2D eigenvalue weighted by Gasteiger charge is 2.06. The molecule has 0 aliphatic carbocycles. The molecular weight excluding hydrogens is 331 g/mol. The predicted molar refractivity (Wildman–Crippen MR) is 100 cm³/mol. The van der Waals surface area contributed by atoms with Gasteiger partial charge in [-0.05, 0) is 32.0 Å². The zero-order chi connectivity index (χ0) is 18.5. The molecule has 3 aromatic rings. The van der Waals surface area contributed by atoms with Gasteiger partial charge in [-0.2, -0.15) is 4.98 Å². The SMILES string of the molecule is CC(=O)c1cccc(Nc2nc(C)cc(NCc3ccccc3F)n2)c1. The number of carbonyl (C=O) groups is 1. The number of carbonyl (C=O) groups excluding carboxylic acids is 1. The lowest BCUT2D eigenvalue weighted by Crippen LogP contribution is -2.06. The lowest BCUT2D eigenvalue weighted by atomic mass is 10.1. The lowest BCUT2D eigenvalue weighted by molar-refractivity contribution is 0.101. The van der Waals surface area contributed by atoms with Gasteiger partial charge >= 0.3 is 0 Å². The molecule has 0 spiro atoms. The molecule has 2 N–H and O–H groups in total. The summed E-state index contributed by atoms with van der Waals surface area (Å²) in [6.07, 6.45) is 0. The molecular formula is C20H19FN4O. The van der Waals surface area contributed by atoms with E-state index >= 15 is 0 Å². The minimum atomic E-state index is -0.259. The number of aromatic nitrogens is 2. The number of halogens is 1. The Kier molecular flexibility index (Phi) is 5.22. The molecule has 1 aromatic heterocycles. The highest BCUT2D eigenvalue weighted by molar-refractivity contribution is 5.95. The van der Waals surface area contributed by atoms with E-state index in [2.05, 4.69) is 20.6 Å². The van der Waals surface area contributed by atoms with Gasteiger partial charge in [-0.15, -0.1) is 0 Å². The number of anilines is 3. The molecule has 0 amide bonds. The Bertz CT molecular complexity index is 943. The van der Waals surface area contributed by atoms with E-state index in [1.165, 1.54) is 13.0 Å². The van der Waals surface area contributed by atoms with Crippen molar-refractivity contribution in [2.45, 2.75) is 20.4 Å². The van der Waals surface area contributed by atoms with E-state index in [1.54, 1.807) is 42.5 Å². The van der Waals surface area contributed by atoms with Gasteiger partial charge < -0.3 is 10.6 Å². The van der Waals surface area contributed by atoms with Crippen molar-refractivity contribution in [1.29, 1.82) is 0 Å². The molecule has 0 saturated heterocycles. The van der Waals surface area contributed by atoms with Crippen LogP contribution in [0, 0.1) is 12.7 Å². The number of benzene rings is 2. The molecule has 132 valence electrons. The molecule has 5 nitrogen and oxygen atoms in total. The minimum Gasteiger partial charge on any atom is -0.366 e. The summed E-state index contributed by atoms with van der Waals surface area (Å²) in [5.74, 6) is 0.726. The van der Waals surface area contributed by atoms with E-state index in [0.717, 1.165) is 11.4 Å². The number of nitrogens with one attached hydrogen (secondary N) is 2. The number of nitrogens with zero attached hydrogens (tertiary/aromatic N) is 2. The van der Waals surface area contributed by atoms with E-state index in [0.29, 0.717) is 29.4 Å². The van der Waals surface area contributed by atoms with Crippen LogP contribution in [0.1, 0.15) is 28.5 Å². The van der Waals surface area contributed by atoms with Crippen molar-refractivity contribution in [2.24, 2.45) is 0 Å². The molecule has 1 heterocycles. The summed E-state index contributed by atoms with van der Waals surface area (Å²) in [7, 11) is 0. The Morgan fingerprint density at radius 1 is 1.08 bits per heavy atom. The van der Waals surface area contributed by atoms with Gasteiger partial charge in [0.15, 0.2) is 5.78 Å². The van der Waals surface area contributed by atoms with Gasteiger partial charge in [0.25, 0.3) is 0 Å². The van der Waals surface area contributed by atoms with Gasteiger partial charge in [0.1, 0.15) is 11.6 Å². The van der Waals surface area contributed by atoms with Crippen LogP contribution >= 0.6 is 0 Å². The average molecular weight is 350 g/mol. The molecule has 3 rings (SSSR count). The van der Waals surface area contributed by atoms with Crippen molar-refractivity contribution in [1.82, 2.24) is 9.97 Å². The fourth-order valence-electron chi connectivity index (χ4n) is 2.49. The first kappa shape index (κ1) is 17.5. The van der Waals surface area contributed by atoms with Crippen molar-refractivity contribution >= 4 is 23.2 Å². The monoisotopic (exact) mass is 350 g/mol. The van der Waals surface area contributed by atoms with Gasteiger partial charge in [0.2, 0.25) is 5.95 Å². The lowest BCUT2D eigenvalue weighted by Gasteiger charge is -2.11. The second-order valence-corrected chi connectivity index (χ2v) is 5.93. The van der Waals surface area contributed by atoms with Crippen molar-refractivity contribution in [3.05, 3.63) is 77.2 Å². The molecule has 26 heavy (non-hydrogen) atoms. The molecule has 0 radical (unpaired) electrons. The minimum absolute atomic E-state index is 0.00828. The highest BCUT2D eigenvalue weighted by Crippen LogP contribution is 2.18. The second-order valence-electron chi connectivity index (χ2n) is 5.93. The van der Waals surface area contributed by atoms with Crippen LogP contribution in [0.5, 0.6) is 0 Å². The van der Waals surface area contributed by atoms with E-state index < -0.39 is 0 Å². The summed E-state index contributed by atoms with van der Waals surface area (Å²) in [6.45, 7) is 3.70. The molecule has 2 aromatic carbocycles. The van der Waals surface area contributed by atoms with Crippen molar-refractivity contribution in [2.75, 3.05) is 10.6 Å². The van der Waals surface area contributed by atoms with E-state index in [9.17, 15) is 9.18 Å². The van der Waals surface area contributed by atoms with Crippen LogP contribution in [0.4, 0.5) is 21.8 Å². The van der Waals surface area contributed by atoms with E-state index in [4.69, 9.17) is 0 Å². The molecule has 0 saturated carbocycles. The van der Waals surface area contributed by atoms with Crippen LogP contribution in [-0.4, -0.2) is 15.8 Å². The number of hydrogen-bond donors (Lipinski definition) is 2. The quantitative estimate of drug-likeness (QED) is 0.642. The van der Waals surface area contributed by atoms with Crippen molar-refractivity contribution in [3.8, 4) is 0 Å². The Morgan fingerprint density at radius 2 is 1.88 bits per heavy atom. The third kappa shape index (κ3) is 4.42. The third-order valence-corrected chi connectivity index (χ3v) is 3.80. The summed E-state index contributed by atoms with van der Waals surface area (Å²) in [5.41, 5.74) is 2.66. The second kappa shape index (κ2) is 7.74. The van der Waals surface area contributed by atoms with Crippen LogP contribution < -0.4 is 10.6 Å². The van der Waals surface area contributed by atoms with Gasteiger partial charge in [-0.25, -0.2) is 9.37 Å². The Hall–Kier alpha value is -3.28. The zero-order valence-electron chi connectivity index (χ0n) is 14.6. The Balaban J connectivity index is 1.76. The van der Waals surface area contributed by atoms with Crippen LogP contribution in [0.3, 0.4) is 0 Å². The van der Waals surface area contributed by atoms with Gasteiger partial charge in [-0.3, -0.25) is 4.79 Å². The fraction of sp³-hybridized carbons (Fsp3) is 0.150. The fourth-order valence-corrected chi connectivity index (χ4v) is 2.49. The van der Waals surface area contributed by atoms with Crippen molar-refractivity contribution < 1.29 is 9.18 Å². The Labute approximate surface area is 151 Å². The largest absolute Gasteiger partial charge is 0.366 e. The molecule has 0 unspecified atom stereocenters. The number of Topliss-reactive ketones (excluding diaryl/α,β-unsaturated/α-hetero) is 1. The summed E-state index contributed by atoms with van der Waals surface area (Å²) < 4.78 is 13.7. The maximum Gasteiger partial charge on any atom is 0.229 e. The molecule has 0 aliphatic rings. The summed E-state index contributed by atoms with van der Waals surface area (Å²) in [6, 6.07) is 15.5. The number of aryl methyl sites for hydroxylation is 1. The first-order chi connectivity index (χ1) is 12.5. The van der Waals surface area contributed by atoms with Crippen LogP contribution in [0.15, 0.2) is 54.6 Å². The Morgan fingerprint density at radius 3 is 2.65 bits per heavy atom. The first-order valence-electron chi connectivity index (χ1n) is 8.22. The van der Waals surface area contributed by atoms with Crippen molar-refractivity contribution in [3.63, 3.8) is 0 Å². The topological polar surface area (TPSA) is 66.9 Å². The number of hydrogen-bond acceptors (Lipinski definition) is 5. The molecule has 0 aliphatic heterocycles. The van der Waals surface area contributed by atoms with Gasteiger partial charge in [-0.1, -0.05) is 30.3 Å². The molecule has 0 fully saturated rings. The third-order valence-electron chi connectivity index (χ3n) is 3.80. The summed E-state index contributed by atoms with van der Waals surface area (Å²) in [4.78, 5) is 20.3. The normalized spacial score (nSPS) is 10.4. The van der Waals surface area contributed by atoms with E-state index in [-0.39, 0.29) is 11.6 Å². The standard InChI is InChI=1S/C20H19FN4O/c1-13-10-19(22-12-16-6-3-4-9-18(16)21)25-20(23-13)24-17-8-5-7-15(11-17)14(2)26/h3-11H,12H2,1-2H3,(H2,22,23,24,25). The zero-order valence-corrected chi connectivity index (χ0v) is 14.6. The van der Waals surface area contributed by atoms with Crippen LogP contribution in [0.25, 0.3) is 0 Å². The predicted octanol–water partition coefficient (Wildman–Crippen LogP) is 4.48. The van der Waals surface area contributed by atoms with Gasteiger partial charge in [0.05, 0.1) is 0 Å². The maximum absolute atomic E-state index is 13.7.